The number of halogens is 4. The molecule has 2 aromatic carbocycles. The number of carbonyl (C=O) groups is 1. The molecule has 0 atom stereocenters. The summed E-state index contributed by atoms with van der Waals surface area (Å²) >= 11 is 0. The van der Waals surface area contributed by atoms with Crippen molar-refractivity contribution in [3.05, 3.63) is 119 Å². The SMILES string of the molecule is Cc1cc(F)c(C(=O)Nc2cc(Cn3cncn3)cc(C(F)(F)F)c2)cc1C#Cc1cnc2c(Nc3cn[nH]c3)cccn12. The van der Waals surface area contributed by atoms with Gasteiger partial charge < -0.3 is 10.6 Å². The fourth-order valence-electron chi connectivity index (χ4n) is 4.51. The number of anilines is 3. The van der Waals surface area contributed by atoms with Crippen LogP contribution in [0.3, 0.4) is 0 Å². The van der Waals surface area contributed by atoms with E-state index in [2.05, 4.69) is 47.7 Å². The van der Waals surface area contributed by atoms with Gasteiger partial charge in [0, 0.05) is 23.6 Å². The number of nitrogens with one attached hydrogen (secondary N) is 3. The first-order valence-corrected chi connectivity index (χ1v) is 13.0. The number of aryl methyl sites for hydroxylation is 1. The number of H-pyrrole nitrogens is 1. The summed E-state index contributed by atoms with van der Waals surface area (Å²) < 4.78 is 58.9. The molecule has 0 aliphatic heterocycles. The van der Waals surface area contributed by atoms with Crippen LogP contribution in [0, 0.1) is 24.6 Å². The Kier molecular flexibility index (Phi) is 7.28. The lowest BCUT2D eigenvalue weighted by atomic mass is 10.0. The van der Waals surface area contributed by atoms with Crippen LogP contribution in [0.1, 0.15) is 38.3 Å². The van der Waals surface area contributed by atoms with Gasteiger partial charge in [0.2, 0.25) is 0 Å². The maximum Gasteiger partial charge on any atom is 0.416 e. The third-order valence-corrected chi connectivity index (χ3v) is 6.59. The zero-order valence-electron chi connectivity index (χ0n) is 22.8. The highest BCUT2D eigenvalue weighted by molar-refractivity contribution is 6.04. The predicted octanol–water partition coefficient (Wildman–Crippen LogP) is 5.56. The second-order valence-corrected chi connectivity index (χ2v) is 9.73. The maximum absolute atomic E-state index is 15.0. The van der Waals surface area contributed by atoms with E-state index in [1.165, 1.54) is 29.5 Å². The smallest absolute Gasteiger partial charge is 0.350 e. The fraction of sp³-hybridized carbons (Fsp3) is 0.100. The Labute approximate surface area is 246 Å². The number of amides is 1. The number of benzene rings is 2. The largest absolute Gasteiger partial charge is 0.416 e. The lowest BCUT2D eigenvalue weighted by Crippen LogP contribution is -2.16. The van der Waals surface area contributed by atoms with E-state index in [-0.39, 0.29) is 23.4 Å². The van der Waals surface area contributed by atoms with Crippen molar-refractivity contribution in [3.8, 4) is 11.8 Å². The Morgan fingerprint density at radius 3 is 2.70 bits per heavy atom. The molecule has 10 nitrogen and oxygen atoms in total. The van der Waals surface area contributed by atoms with Gasteiger partial charge in [-0.05, 0) is 66.4 Å². The number of imidazole rings is 1. The Morgan fingerprint density at radius 2 is 1.95 bits per heavy atom. The van der Waals surface area contributed by atoms with Crippen LogP contribution < -0.4 is 10.6 Å². The number of pyridine rings is 1. The van der Waals surface area contributed by atoms with Gasteiger partial charge in [-0.2, -0.15) is 23.4 Å². The minimum Gasteiger partial charge on any atom is -0.350 e. The molecule has 0 saturated heterocycles. The van der Waals surface area contributed by atoms with Gasteiger partial charge in [-0.15, -0.1) is 0 Å². The summed E-state index contributed by atoms with van der Waals surface area (Å²) in [6.07, 6.45) is 4.63. The molecule has 220 valence electrons. The summed E-state index contributed by atoms with van der Waals surface area (Å²) in [6, 6.07) is 9.20. The van der Waals surface area contributed by atoms with E-state index < -0.39 is 23.5 Å². The molecule has 0 bridgehead atoms. The third kappa shape index (κ3) is 5.97. The summed E-state index contributed by atoms with van der Waals surface area (Å²) in [5.74, 6) is 4.20. The van der Waals surface area contributed by atoms with Crippen LogP contribution >= 0.6 is 0 Å². The molecule has 0 spiro atoms. The number of fused-ring (bicyclic) bond motifs is 1. The van der Waals surface area contributed by atoms with Gasteiger partial charge in [0.25, 0.3) is 5.91 Å². The van der Waals surface area contributed by atoms with Crippen LogP contribution in [0.4, 0.5) is 34.6 Å². The van der Waals surface area contributed by atoms with E-state index in [1.807, 2.05) is 12.1 Å². The average Bonchev–Trinajstić information content (AvgIpc) is 3.75. The number of carbonyl (C=O) groups excluding carboxylic acids is 1. The number of alkyl halides is 3. The Balaban J connectivity index is 1.28. The molecule has 14 heteroatoms. The Hall–Kier alpha value is -5.97. The van der Waals surface area contributed by atoms with Crippen LogP contribution in [-0.4, -0.2) is 40.3 Å². The molecule has 0 fully saturated rings. The zero-order valence-corrected chi connectivity index (χ0v) is 22.8. The number of nitrogens with zero attached hydrogens (tertiary/aromatic N) is 6. The summed E-state index contributed by atoms with van der Waals surface area (Å²) in [4.78, 5) is 21.4. The molecule has 0 aliphatic rings. The second-order valence-electron chi connectivity index (χ2n) is 9.73. The van der Waals surface area contributed by atoms with Crippen molar-refractivity contribution in [1.82, 2.24) is 34.3 Å². The molecular formula is C30H21F4N9O. The minimum absolute atomic E-state index is 0.0183. The molecule has 3 N–H and O–H groups in total. The highest BCUT2D eigenvalue weighted by atomic mass is 19.4. The van der Waals surface area contributed by atoms with Gasteiger partial charge in [0.05, 0.1) is 41.4 Å². The topological polar surface area (TPSA) is 118 Å². The highest BCUT2D eigenvalue weighted by Crippen LogP contribution is 2.32. The Bertz CT molecular complexity index is 2040. The van der Waals surface area contributed by atoms with Gasteiger partial charge in [-0.25, -0.2) is 19.0 Å². The van der Waals surface area contributed by atoms with Gasteiger partial charge in [0.15, 0.2) is 5.65 Å². The van der Waals surface area contributed by atoms with Crippen molar-refractivity contribution in [2.75, 3.05) is 10.6 Å². The fourth-order valence-corrected chi connectivity index (χ4v) is 4.51. The van der Waals surface area contributed by atoms with Crippen LogP contribution in [0.2, 0.25) is 0 Å². The van der Waals surface area contributed by atoms with Crippen molar-refractivity contribution < 1.29 is 22.4 Å². The van der Waals surface area contributed by atoms with Gasteiger partial charge in [0.1, 0.15) is 24.2 Å². The molecule has 4 aromatic heterocycles. The van der Waals surface area contributed by atoms with E-state index in [0.29, 0.717) is 22.5 Å². The van der Waals surface area contributed by atoms with Crippen LogP contribution in [0.15, 0.2) is 79.9 Å². The van der Waals surface area contributed by atoms with Gasteiger partial charge in [-0.3, -0.25) is 14.3 Å². The summed E-state index contributed by atoms with van der Waals surface area (Å²) in [5.41, 5.74) is 2.15. The molecule has 1 amide bonds. The zero-order chi connectivity index (χ0) is 30.8. The summed E-state index contributed by atoms with van der Waals surface area (Å²) in [6.45, 7) is 1.62. The highest BCUT2D eigenvalue weighted by Gasteiger charge is 2.31. The molecule has 0 saturated carbocycles. The molecule has 0 unspecified atom stereocenters. The van der Waals surface area contributed by atoms with Gasteiger partial charge >= 0.3 is 6.18 Å². The average molecular weight is 600 g/mol. The normalized spacial score (nSPS) is 11.3. The van der Waals surface area contributed by atoms with E-state index in [4.69, 9.17) is 0 Å². The quantitative estimate of drug-likeness (QED) is 0.171. The lowest BCUT2D eigenvalue weighted by Gasteiger charge is -2.14. The Morgan fingerprint density at radius 1 is 1.09 bits per heavy atom. The van der Waals surface area contributed by atoms with E-state index in [1.54, 1.807) is 36.1 Å². The molecule has 4 heterocycles. The number of rotatable bonds is 6. The van der Waals surface area contributed by atoms with Crippen LogP contribution in [-0.2, 0) is 12.7 Å². The number of aromatic amines is 1. The van der Waals surface area contributed by atoms with E-state index in [0.717, 1.165) is 29.6 Å². The summed E-state index contributed by atoms with van der Waals surface area (Å²) in [7, 11) is 0. The maximum atomic E-state index is 15.0. The molecular weight excluding hydrogens is 578 g/mol. The molecule has 6 aromatic rings. The second kappa shape index (κ2) is 11.4. The van der Waals surface area contributed by atoms with E-state index in [9.17, 15) is 22.4 Å². The molecule has 6 rings (SSSR count). The molecule has 0 aliphatic carbocycles. The molecule has 44 heavy (non-hydrogen) atoms. The predicted molar refractivity (Wildman–Crippen MR) is 153 cm³/mol. The summed E-state index contributed by atoms with van der Waals surface area (Å²) in [5, 5.41) is 16.2. The van der Waals surface area contributed by atoms with E-state index >= 15 is 0 Å². The number of hydrogen-bond acceptors (Lipinski definition) is 6. The number of hydrogen-bond donors (Lipinski definition) is 3. The van der Waals surface area contributed by atoms with Crippen molar-refractivity contribution in [3.63, 3.8) is 0 Å². The minimum atomic E-state index is -4.68. The first-order valence-electron chi connectivity index (χ1n) is 13.0. The lowest BCUT2D eigenvalue weighted by molar-refractivity contribution is -0.137. The third-order valence-electron chi connectivity index (χ3n) is 6.59. The number of aromatic nitrogens is 7. The first-order chi connectivity index (χ1) is 21.1. The monoisotopic (exact) mass is 599 g/mol. The van der Waals surface area contributed by atoms with Crippen molar-refractivity contribution >= 4 is 28.6 Å². The van der Waals surface area contributed by atoms with Crippen LogP contribution in [0.5, 0.6) is 0 Å². The van der Waals surface area contributed by atoms with Gasteiger partial charge in [-0.1, -0.05) is 5.92 Å². The van der Waals surface area contributed by atoms with Crippen molar-refractivity contribution in [1.29, 1.82) is 0 Å². The van der Waals surface area contributed by atoms with Crippen LogP contribution in [0.25, 0.3) is 5.65 Å². The molecule has 0 radical (unpaired) electrons. The first kappa shape index (κ1) is 28.2. The van der Waals surface area contributed by atoms with Crippen molar-refractivity contribution in [2.24, 2.45) is 0 Å². The standard InChI is InChI=1S/C30H21F4N9O/c1-18-7-26(31)25(29(44)41-22-9-19(15-42-17-35-16-39-42)8-21(11-22)30(32,33)34)10-20(18)4-5-24-14-36-28-27(3-2-6-43(24)28)40-23-12-37-38-13-23/h2-3,6-14,16-17,40H,15H2,1H3,(H,37,38)(H,41,44). The van der Waals surface area contributed by atoms with Crippen molar-refractivity contribution in [2.45, 2.75) is 19.6 Å².